The predicted molar refractivity (Wildman–Crippen MR) is 65.1 cm³/mol. The van der Waals surface area contributed by atoms with Gasteiger partial charge >= 0.3 is 0 Å². The van der Waals surface area contributed by atoms with Crippen LogP contribution in [0.1, 0.15) is 12.0 Å². The Bertz CT molecular complexity index is 461. The Hall–Kier alpha value is -2.06. The summed E-state index contributed by atoms with van der Waals surface area (Å²) in [4.78, 5) is 10.4. The first-order chi connectivity index (χ1) is 8.19. The number of hydrogen-bond donors (Lipinski definition) is 1. The third-order valence-electron chi connectivity index (χ3n) is 2.12. The molecule has 0 heterocycles. The van der Waals surface area contributed by atoms with Crippen LogP contribution in [0.5, 0.6) is 5.75 Å². The second-order valence-corrected chi connectivity index (χ2v) is 3.30. The van der Waals surface area contributed by atoms with Gasteiger partial charge in [-0.05, 0) is 19.2 Å². The lowest BCUT2D eigenvalue weighted by Crippen LogP contribution is -2.05. The molecule has 5 heteroatoms. The summed E-state index contributed by atoms with van der Waals surface area (Å²) in [6.07, 6.45) is 0.652. The Morgan fingerprint density at radius 1 is 1.53 bits per heavy atom. The van der Waals surface area contributed by atoms with Crippen molar-refractivity contribution in [2.45, 2.75) is 6.42 Å². The van der Waals surface area contributed by atoms with Gasteiger partial charge in [0.05, 0.1) is 18.1 Å². The molecule has 1 aromatic rings. The van der Waals surface area contributed by atoms with Crippen molar-refractivity contribution >= 4 is 5.69 Å². The third kappa shape index (κ3) is 3.78. The highest BCUT2D eigenvalue weighted by Gasteiger charge is 2.12. The number of rotatable bonds is 4. The summed E-state index contributed by atoms with van der Waals surface area (Å²) in [6.45, 7) is 0.761. The fourth-order valence-electron chi connectivity index (χ4n) is 1.24. The van der Waals surface area contributed by atoms with Crippen LogP contribution < -0.4 is 10.1 Å². The van der Waals surface area contributed by atoms with Gasteiger partial charge in [-0.25, -0.2) is 0 Å². The zero-order valence-electron chi connectivity index (χ0n) is 9.82. The fraction of sp³-hybridized carbons (Fsp3) is 0.333. The molecule has 0 spiro atoms. The van der Waals surface area contributed by atoms with Crippen LogP contribution in [-0.4, -0.2) is 25.6 Å². The Kier molecular flexibility index (Phi) is 4.98. The minimum atomic E-state index is -0.454. The first-order valence-corrected chi connectivity index (χ1v) is 5.15. The Morgan fingerprint density at radius 3 is 2.88 bits per heavy atom. The average Bonchev–Trinajstić information content (AvgIpc) is 2.34. The average molecular weight is 234 g/mol. The van der Waals surface area contributed by atoms with Crippen molar-refractivity contribution in [1.82, 2.24) is 5.32 Å². The van der Waals surface area contributed by atoms with E-state index in [4.69, 9.17) is 4.74 Å². The maximum absolute atomic E-state index is 10.8. The summed E-state index contributed by atoms with van der Waals surface area (Å²) in [7, 11) is 3.30. The van der Waals surface area contributed by atoms with Crippen molar-refractivity contribution in [3.8, 4) is 17.6 Å². The summed E-state index contributed by atoms with van der Waals surface area (Å²) >= 11 is 0. The monoisotopic (exact) mass is 234 g/mol. The first-order valence-electron chi connectivity index (χ1n) is 5.15. The molecule has 0 unspecified atom stereocenters. The number of nitro benzene ring substituents is 1. The molecule has 1 N–H and O–H groups in total. The van der Waals surface area contributed by atoms with E-state index < -0.39 is 4.92 Å². The topological polar surface area (TPSA) is 64.4 Å². The lowest BCUT2D eigenvalue weighted by Gasteiger charge is -2.00. The SMILES string of the molecule is CNCCC#Cc1ccc(OC)cc1[N+](=O)[O-]. The molecule has 1 aromatic carbocycles. The number of benzene rings is 1. The van der Waals surface area contributed by atoms with Crippen LogP contribution in [0.25, 0.3) is 0 Å². The summed E-state index contributed by atoms with van der Waals surface area (Å²) in [5.74, 6) is 6.13. The molecule has 0 saturated heterocycles. The van der Waals surface area contributed by atoms with Gasteiger partial charge in [-0.1, -0.05) is 11.8 Å². The van der Waals surface area contributed by atoms with Crippen LogP contribution in [0.3, 0.4) is 0 Å². The van der Waals surface area contributed by atoms with E-state index in [2.05, 4.69) is 17.2 Å². The van der Waals surface area contributed by atoms with E-state index in [1.54, 1.807) is 12.1 Å². The largest absolute Gasteiger partial charge is 0.497 e. The summed E-state index contributed by atoms with van der Waals surface area (Å²) in [5, 5.41) is 13.8. The molecule has 0 aliphatic heterocycles. The molecule has 0 amide bonds. The van der Waals surface area contributed by atoms with Gasteiger partial charge in [0.2, 0.25) is 0 Å². The van der Waals surface area contributed by atoms with E-state index in [9.17, 15) is 10.1 Å². The predicted octanol–water partition coefficient (Wildman–Crippen LogP) is 1.56. The van der Waals surface area contributed by atoms with Crippen LogP contribution in [0.2, 0.25) is 0 Å². The minimum absolute atomic E-state index is 0.0266. The maximum atomic E-state index is 10.8. The molecule has 0 atom stereocenters. The van der Waals surface area contributed by atoms with Crippen molar-refractivity contribution in [1.29, 1.82) is 0 Å². The van der Waals surface area contributed by atoms with Crippen LogP contribution in [0.4, 0.5) is 5.69 Å². The van der Waals surface area contributed by atoms with Crippen LogP contribution >= 0.6 is 0 Å². The zero-order valence-corrected chi connectivity index (χ0v) is 9.82. The van der Waals surface area contributed by atoms with Crippen molar-refractivity contribution in [3.63, 3.8) is 0 Å². The van der Waals surface area contributed by atoms with E-state index in [0.29, 0.717) is 17.7 Å². The minimum Gasteiger partial charge on any atom is -0.497 e. The third-order valence-corrected chi connectivity index (χ3v) is 2.12. The van der Waals surface area contributed by atoms with E-state index >= 15 is 0 Å². The van der Waals surface area contributed by atoms with Gasteiger partial charge in [-0.2, -0.15) is 0 Å². The van der Waals surface area contributed by atoms with Crippen LogP contribution in [-0.2, 0) is 0 Å². The summed E-state index contributed by atoms with van der Waals surface area (Å²) in [5.41, 5.74) is 0.383. The quantitative estimate of drug-likeness (QED) is 0.371. The molecule has 0 radical (unpaired) electrons. The van der Waals surface area contributed by atoms with E-state index in [1.807, 2.05) is 7.05 Å². The van der Waals surface area contributed by atoms with Gasteiger partial charge < -0.3 is 10.1 Å². The summed E-state index contributed by atoms with van der Waals surface area (Å²) in [6, 6.07) is 4.64. The standard InChI is InChI=1S/C12H14N2O3/c1-13-8-4-3-5-10-6-7-11(17-2)9-12(10)14(15)16/h6-7,9,13H,4,8H2,1-2H3. The van der Waals surface area contributed by atoms with Crippen molar-refractivity contribution in [2.24, 2.45) is 0 Å². The van der Waals surface area contributed by atoms with Gasteiger partial charge in [0.1, 0.15) is 11.3 Å². The fourth-order valence-corrected chi connectivity index (χ4v) is 1.24. The summed E-state index contributed by atoms with van der Waals surface area (Å²) < 4.78 is 4.94. The Morgan fingerprint density at radius 2 is 2.29 bits per heavy atom. The van der Waals surface area contributed by atoms with E-state index in [1.165, 1.54) is 13.2 Å². The molecular weight excluding hydrogens is 220 g/mol. The normalized spacial score (nSPS) is 9.29. The Labute approximate surface area is 99.9 Å². The number of nitro groups is 1. The van der Waals surface area contributed by atoms with E-state index in [0.717, 1.165) is 6.54 Å². The lowest BCUT2D eigenvalue weighted by molar-refractivity contribution is -0.385. The molecule has 0 fully saturated rings. The molecule has 0 bridgehead atoms. The van der Waals surface area contributed by atoms with Crippen molar-refractivity contribution in [2.75, 3.05) is 20.7 Å². The molecular formula is C12H14N2O3. The lowest BCUT2D eigenvalue weighted by atomic mass is 10.1. The highest BCUT2D eigenvalue weighted by atomic mass is 16.6. The number of ether oxygens (including phenoxy) is 1. The molecule has 5 nitrogen and oxygen atoms in total. The smallest absolute Gasteiger partial charge is 0.288 e. The zero-order chi connectivity index (χ0) is 12.7. The van der Waals surface area contributed by atoms with Gasteiger partial charge in [-0.3, -0.25) is 10.1 Å². The molecule has 0 saturated carbocycles. The van der Waals surface area contributed by atoms with Gasteiger partial charge in [-0.15, -0.1) is 0 Å². The van der Waals surface area contributed by atoms with Crippen LogP contribution in [0.15, 0.2) is 18.2 Å². The molecule has 17 heavy (non-hydrogen) atoms. The second-order valence-electron chi connectivity index (χ2n) is 3.30. The van der Waals surface area contributed by atoms with Crippen molar-refractivity contribution in [3.05, 3.63) is 33.9 Å². The second kappa shape index (κ2) is 6.51. The molecule has 1 rings (SSSR count). The Balaban J connectivity index is 2.97. The first kappa shape index (κ1) is 13.0. The van der Waals surface area contributed by atoms with E-state index in [-0.39, 0.29) is 5.69 Å². The highest BCUT2D eigenvalue weighted by Crippen LogP contribution is 2.23. The van der Waals surface area contributed by atoms with Gasteiger partial charge in [0.25, 0.3) is 5.69 Å². The molecule has 0 aliphatic rings. The highest BCUT2D eigenvalue weighted by molar-refractivity contribution is 5.54. The van der Waals surface area contributed by atoms with Gasteiger partial charge in [0.15, 0.2) is 0 Å². The van der Waals surface area contributed by atoms with Gasteiger partial charge in [0, 0.05) is 13.0 Å². The molecule has 0 aromatic heterocycles. The molecule has 90 valence electrons. The number of nitrogens with one attached hydrogen (secondary N) is 1. The molecule has 0 aliphatic carbocycles. The number of methoxy groups -OCH3 is 1. The maximum Gasteiger partial charge on any atom is 0.288 e. The van der Waals surface area contributed by atoms with Crippen LogP contribution in [0, 0.1) is 22.0 Å². The number of hydrogen-bond acceptors (Lipinski definition) is 4. The van der Waals surface area contributed by atoms with Crippen molar-refractivity contribution < 1.29 is 9.66 Å². The number of nitrogens with zero attached hydrogens (tertiary/aromatic N) is 1.